The van der Waals surface area contributed by atoms with Gasteiger partial charge in [0.25, 0.3) is 0 Å². The van der Waals surface area contributed by atoms with Gasteiger partial charge < -0.3 is 19.2 Å². The molecule has 1 aromatic carbocycles. The maximum Gasteiger partial charge on any atom is 0.129 e. The average molecular weight is 287 g/mol. The lowest BCUT2D eigenvalue weighted by atomic mass is 10.2. The maximum absolute atomic E-state index is 5.71. The first-order valence-corrected chi connectivity index (χ1v) is 7.45. The molecule has 0 aliphatic heterocycles. The minimum atomic E-state index is 0.488. The highest BCUT2D eigenvalue weighted by atomic mass is 16.5. The van der Waals surface area contributed by atoms with Gasteiger partial charge in [-0.1, -0.05) is 12.1 Å². The Balaban J connectivity index is 1.35. The summed E-state index contributed by atoms with van der Waals surface area (Å²) in [5.41, 5.74) is 1.26. The van der Waals surface area contributed by atoms with E-state index in [2.05, 4.69) is 17.4 Å². The lowest BCUT2D eigenvalue weighted by Crippen LogP contribution is -2.15. The van der Waals surface area contributed by atoms with Crippen LogP contribution < -0.4 is 10.1 Å². The van der Waals surface area contributed by atoms with Crippen LogP contribution in [0.4, 0.5) is 0 Å². The van der Waals surface area contributed by atoms with Gasteiger partial charge in [0.05, 0.1) is 12.9 Å². The second-order valence-electron chi connectivity index (χ2n) is 5.28. The molecule has 1 aliphatic carbocycles. The Morgan fingerprint density at radius 3 is 2.90 bits per heavy atom. The van der Waals surface area contributed by atoms with Crippen molar-refractivity contribution in [1.29, 1.82) is 0 Å². The number of hydrogen-bond acceptors (Lipinski definition) is 4. The topological polar surface area (TPSA) is 43.6 Å². The predicted molar refractivity (Wildman–Crippen MR) is 80.2 cm³/mol. The van der Waals surface area contributed by atoms with Crippen molar-refractivity contribution in [3.63, 3.8) is 0 Å². The standard InChI is InChI=1S/C17H21NO3/c1-3-14(12-18-15-6-7-15)11-16(4-1)21-10-9-19-13-17-5-2-8-20-17/h1-5,8,11,15,18H,6-7,9-10,12-13H2. The second-order valence-corrected chi connectivity index (χ2v) is 5.28. The van der Waals surface area contributed by atoms with Crippen molar-refractivity contribution in [1.82, 2.24) is 5.32 Å². The zero-order chi connectivity index (χ0) is 14.3. The predicted octanol–water partition coefficient (Wildman–Crippen LogP) is 3.13. The summed E-state index contributed by atoms with van der Waals surface area (Å²) in [5, 5.41) is 3.50. The third-order valence-electron chi connectivity index (χ3n) is 3.39. The van der Waals surface area contributed by atoms with Gasteiger partial charge in [0, 0.05) is 12.6 Å². The number of nitrogens with one attached hydrogen (secondary N) is 1. The molecule has 21 heavy (non-hydrogen) atoms. The van der Waals surface area contributed by atoms with E-state index in [-0.39, 0.29) is 0 Å². The van der Waals surface area contributed by atoms with Crippen LogP contribution >= 0.6 is 0 Å². The lowest BCUT2D eigenvalue weighted by molar-refractivity contribution is 0.0781. The molecule has 0 spiro atoms. The molecule has 1 saturated carbocycles. The molecular formula is C17H21NO3. The number of benzene rings is 1. The fourth-order valence-electron chi connectivity index (χ4n) is 2.08. The SMILES string of the molecule is c1cc(CNC2CC2)cc(OCCOCc2ccco2)c1. The first-order valence-electron chi connectivity index (χ1n) is 7.45. The third kappa shape index (κ3) is 4.92. The largest absolute Gasteiger partial charge is 0.491 e. The van der Waals surface area contributed by atoms with Crippen molar-refractivity contribution in [2.24, 2.45) is 0 Å². The molecule has 0 amide bonds. The van der Waals surface area contributed by atoms with Crippen LogP contribution in [0.15, 0.2) is 47.1 Å². The summed E-state index contributed by atoms with van der Waals surface area (Å²) in [6.45, 7) is 2.49. The fourth-order valence-corrected chi connectivity index (χ4v) is 2.08. The summed E-state index contributed by atoms with van der Waals surface area (Å²) >= 11 is 0. The van der Waals surface area contributed by atoms with Gasteiger partial charge in [-0.3, -0.25) is 0 Å². The Hall–Kier alpha value is -1.78. The summed E-state index contributed by atoms with van der Waals surface area (Å²) in [5.74, 6) is 1.73. The molecule has 3 rings (SSSR count). The lowest BCUT2D eigenvalue weighted by Gasteiger charge is -2.09. The Labute approximate surface area is 125 Å². The van der Waals surface area contributed by atoms with E-state index in [9.17, 15) is 0 Å². The highest BCUT2D eigenvalue weighted by Gasteiger charge is 2.19. The minimum Gasteiger partial charge on any atom is -0.491 e. The number of hydrogen-bond donors (Lipinski definition) is 1. The van der Waals surface area contributed by atoms with E-state index in [1.807, 2.05) is 24.3 Å². The average Bonchev–Trinajstić information content (AvgIpc) is 3.20. The van der Waals surface area contributed by atoms with Gasteiger partial charge in [-0.25, -0.2) is 0 Å². The Morgan fingerprint density at radius 1 is 1.14 bits per heavy atom. The van der Waals surface area contributed by atoms with Crippen molar-refractivity contribution in [3.8, 4) is 5.75 Å². The highest BCUT2D eigenvalue weighted by molar-refractivity contribution is 5.28. The molecule has 0 radical (unpaired) electrons. The molecule has 1 heterocycles. The maximum atomic E-state index is 5.71. The van der Waals surface area contributed by atoms with E-state index < -0.39 is 0 Å². The molecule has 112 valence electrons. The van der Waals surface area contributed by atoms with Gasteiger partial charge in [0.15, 0.2) is 0 Å². The zero-order valence-corrected chi connectivity index (χ0v) is 12.1. The van der Waals surface area contributed by atoms with Crippen molar-refractivity contribution < 1.29 is 13.9 Å². The Bertz CT molecular complexity index is 535. The number of rotatable bonds is 9. The summed E-state index contributed by atoms with van der Waals surface area (Å²) in [6.07, 6.45) is 4.27. The zero-order valence-electron chi connectivity index (χ0n) is 12.1. The van der Waals surface area contributed by atoms with Crippen molar-refractivity contribution in [2.45, 2.75) is 32.0 Å². The quantitative estimate of drug-likeness (QED) is 0.720. The van der Waals surface area contributed by atoms with E-state index in [1.54, 1.807) is 6.26 Å². The molecule has 1 aliphatic rings. The van der Waals surface area contributed by atoms with Crippen molar-refractivity contribution >= 4 is 0 Å². The first kappa shape index (κ1) is 14.2. The van der Waals surface area contributed by atoms with Gasteiger partial charge in [-0.05, 0) is 42.7 Å². The number of furan rings is 1. The molecule has 4 nitrogen and oxygen atoms in total. The van der Waals surface area contributed by atoms with Crippen LogP contribution in [-0.2, 0) is 17.9 Å². The van der Waals surface area contributed by atoms with Crippen LogP contribution in [0, 0.1) is 0 Å². The number of ether oxygens (including phenoxy) is 2. The van der Waals surface area contributed by atoms with Gasteiger partial charge in [0.2, 0.25) is 0 Å². The van der Waals surface area contributed by atoms with Crippen LogP contribution in [0.3, 0.4) is 0 Å². The van der Waals surface area contributed by atoms with E-state index in [0.29, 0.717) is 19.8 Å². The van der Waals surface area contributed by atoms with Gasteiger partial charge in [0.1, 0.15) is 24.7 Å². The Kier molecular flexibility index (Phi) is 4.92. The molecule has 1 fully saturated rings. The van der Waals surface area contributed by atoms with E-state index >= 15 is 0 Å². The molecule has 4 heteroatoms. The molecule has 2 aromatic rings. The van der Waals surface area contributed by atoms with Gasteiger partial charge in [-0.15, -0.1) is 0 Å². The molecule has 0 saturated heterocycles. The molecule has 0 unspecified atom stereocenters. The van der Waals surface area contributed by atoms with Crippen LogP contribution in [0.5, 0.6) is 5.75 Å². The Morgan fingerprint density at radius 2 is 2.10 bits per heavy atom. The summed E-state index contributed by atoms with van der Waals surface area (Å²) < 4.78 is 16.4. The van der Waals surface area contributed by atoms with E-state index in [0.717, 1.165) is 24.1 Å². The smallest absolute Gasteiger partial charge is 0.129 e. The van der Waals surface area contributed by atoms with Crippen LogP contribution in [-0.4, -0.2) is 19.3 Å². The van der Waals surface area contributed by atoms with Crippen LogP contribution in [0.1, 0.15) is 24.2 Å². The molecule has 0 atom stereocenters. The van der Waals surface area contributed by atoms with E-state index in [4.69, 9.17) is 13.9 Å². The first-order chi connectivity index (χ1) is 10.4. The molecular weight excluding hydrogens is 266 g/mol. The minimum absolute atomic E-state index is 0.488. The molecule has 1 N–H and O–H groups in total. The van der Waals surface area contributed by atoms with Crippen LogP contribution in [0.25, 0.3) is 0 Å². The summed E-state index contributed by atoms with van der Waals surface area (Å²) in [4.78, 5) is 0. The fraction of sp³-hybridized carbons (Fsp3) is 0.412. The molecule has 0 bridgehead atoms. The summed E-state index contributed by atoms with van der Waals surface area (Å²) in [6, 6.07) is 12.7. The second kappa shape index (κ2) is 7.29. The summed E-state index contributed by atoms with van der Waals surface area (Å²) in [7, 11) is 0. The monoisotopic (exact) mass is 287 g/mol. The molecule has 1 aromatic heterocycles. The van der Waals surface area contributed by atoms with Gasteiger partial charge >= 0.3 is 0 Å². The van der Waals surface area contributed by atoms with Gasteiger partial charge in [-0.2, -0.15) is 0 Å². The third-order valence-corrected chi connectivity index (χ3v) is 3.39. The van der Waals surface area contributed by atoms with Crippen molar-refractivity contribution in [3.05, 3.63) is 54.0 Å². The highest BCUT2D eigenvalue weighted by Crippen LogP contribution is 2.20. The van der Waals surface area contributed by atoms with E-state index in [1.165, 1.54) is 18.4 Å². The normalized spacial score (nSPS) is 14.3. The van der Waals surface area contributed by atoms with Crippen molar-refractivity contribution in [2.75, 3.05) is 13.2 Å². The van der Waals surface area contributed by atoms with Crippen LogP contribution in [0.2, 0.25) is 0 Å².